The molecule has 0 saturated carbocycles. The molecule has 0 saturated heterocycles. The van der Waals surface area contributed by atoms with Gasteiger partial charge in [0.25, 0.3) is 0 Å². The Bertz CT molecular complexity index is 602. The highest BCUT2D eigenvalue weighted by Crippen LogP contribution is 2.34. The first-order valence-corrected chi connectivity index (χ1v) is 6.60. The summed E-state index contributed by atoms with van der Waals surface area (Å²) in [6.45, 7) is 2.33. The molecule has 19 heavy (non-hydrogen) atoms. The fourth-order valence-corrected chi connectivity index (χ4v) is 2.29. The van der Waals surface area contributed by atoms with Gasteiger partial charge in [-0.1, -0.05) is 12.1 Å². The summed E-state index contributed by atoms with van der Waals surface area (Å²) in [5.74, 6) is -0.800. The molecule has 0 amide bonds. The number of nitrogens with zero attached hydrogens (tertiary/aromatic N) is 1. The molecule has 2 aromatic carbocycles. The number of benzene rings is 2. The number of rotatable bonds is 3. The fraction of sp³-hybridized carbons (Fsp3) is 0.143. The minimum atomic E-state index is -0.431. The van der Waals surface area contributed by atoms with Crippen LogP contribution in [0, 0.1) is 11.6 Å². The molecule has 2 nitrogen and oxygen atoms in total. The molecule has 100 valence electrons. The number of nitrogen functional groups attached to an aromatic ring is 1. The zero-order chi connectivity index (χ0) is 14.0. The van der Waals surface area contributed by atoms with Gasteiger partial charge in [0, 0.05) is 12.6 Å². The Morgan fingerprint density at radius 2 is 1.79 bits per heavy atom. The van der Waals surface area contributed by atoms with E-state index in [1.54, 1.807) is 23.1 Å². The minimum Gasteiger partial charge on any atom is -0.397 e. The van der Waals surface area contributed by atoms with Crippen LogP contribution in [-0.2, 0) is 0 Å². The first kappa shape index (κ1) is 13.8. The summed E-state index contributed by atoms with van der Waals surface area (Å²) in [6, 6.07) is 9.12. The van der Waals surface area contributed by atoms with E-state index >= 15 is 0 Å². The zero-order valence-electron chi connectivity index (χ0n) is 10.3. The highest BCUT2D eigenvalue weighted by atomic mass is 79.9. The minimum absolute atomic E-state index is 0.290. The normalized spacial score (nSPS) is 10.5. The van der Waals surface area contributed by atoms with Crippen molar-refractivity contribution in [3.8, 4) is 0 Å². The lowest BCUT2D eigenvalue weighted by Crippen LogP contribution is -2.19. The maximum Gasteiger partial charge on any atom is 0.146 e. The van der Waals surface area contributed by atoms with Crippen LogP contribution in [0.2, 0.25) is 0 Å². The number of anilines is 3. The summed E-state index contributed by atoms with van der Waals surface area (Å²) < 4.78 is 27.8. The number of para-hydroxylation sites is 1. The molecule has 0 spiro atoms. The third kappa shape index (κ3) is 2.71. The molecule has 5 heteroatoms. The molecule has 0 aliphatic heterocycles. The van der Waals surface area contributed by atoms with Crippen molar-refractivity contribution in [2.75, 3.05) is 17.2 Å². The molecule has 0 fully saturated rings. The van der Waals surface area contributed by atoms with Crippen molar-refractivity contribution in [1.82, 2.24) is 0 Å². The van der Waals surface area contributed by atoms with E-state index in [1.807, 2.05) is 6.92 Å². The first-order chi connectivity index (χ1) is 9.04. The van der Waals surface area contributed by atoms with Crippen LogP contribution in [0.15, 0.2) is 40.9 Å². The summed E-state index contributed by atoms with van der Waals surface area (Å²) in [5.41, 5.74) is 7.11. The van der Waals surface area contributed by atoms with Gasteiger partial charge in [-0.05, 0) is 41.1 Å². The summed E-state index contributed by atoms with van der Waals surface area (Å²) in [6.07, 6.45) is 0. The van der Waals surface area contributed by atoms with Gasteiger partial charge >= 0.3 is 0 Å². The van der Waals surface area contributed by atoms with Crippen LogP contribution >= 0.6 is 15.9 Å². The van der Waals surface area contributed by atoms with Crippen LogP contribution in [0.5, 0.6) is 0 Å². The first-order valence-electron chi connectivity index (χ1n) is 5.81. The fourth-order valence-electron chi connectivity index (χ4n) is 1.93. The van der Waals surface area contributed by atoms with E-state index in [0.29, 0.717) is 28.1 Å². The maximum atomic E-state index is 13.8. The van der Waals surface area contributed by atoms with Gasteiger partial charge in [-0.3, -0.25) is 0 Å². The zero-order valence-corrected chi connectivity index (χ0v) is 11.9. The average molecular weight is 327 g/mol. The van der Waals surface area contributed by atoms with Crippen molar-refractivity contribution in [1.29, 1.82) is 0 Å². The Morgan fingerprint density at radius 3 is 2.42 bits per heavy atom. The van der Waals surface area contributed by atoms with Gasteiger partial charge < -0.3 is 10.6 Å². The summed E-state index contributed by atoms with van der Waals surface area (Å²) >= 11 is 3.07. The molecule has 0 bridgehead atoms. The average Bonchev–Trinajstić information content (AvgIpc) is 2.38. The SMILES string of the molecule is CCN(c1cc(F)c(Br)cc1N)c1ccccc1F. The molecule has 0 atom stereocenters. The molecule has 0 aliphatic carbocycles. The van der Waals surface area contributed by atoms with Gasteiger partial charge in [0.2, 0.25) is 0 Å². The Hall–Kier alpha value is -1.62. The number of hydrogen-bond donors (Lipinski definition) is 1. The summed E-state index contributed by atoms with van der Waals surface area (Å²) in [7, 11) is 0. The molecule has 0 unspecified atom stereocenters. The maximum absolute atomic E-state index is 13.8. The van der Waals surface area contributed by atoms with Crippen LogP contribution < -0.4 is 10.6 Å². The van der Waals surface area contributed by atoms with E-state index in [4.69, 9.17) is 5.73 Å². The number of nitrogens with two attached hydrogens (primary N) is 1. The van der Waals surface area contributed by atoms with Gasteiger partial charge in [0.05, 0.1) is 21.5 Å². The van der Waals surface area contributed by atoms with E-state index in [1.165, 1.54) is 18.2 Å². The van der Waals surface area contributed by atoms with E-state index in [0.717, 1.165) is 0 Å². The smallest absolute Gasteiger partial charge is 0.146 e. The largest absolute Gasteiger partial charge is 0.397 e. The quantitative estimate of drug-likeness (QED) is 0.843. The topological polar surface area (TPSA) is 29.3 Å². The lowest BCUT2D eigenvalue weighted by atomic mass is 10.2. The van der Waals surface area contributed by atoms with Crippen molar-refractivity contribution < 1.29 is 8.78 Å². The molecule has 0 aliphatic rings. The monoisotopic (exact) mass is 326 g/mol. The molecule has 2 aromatic rings. The van der Waals surface area contributed by atoms with E-state index in [9.17, 15) is 8.78 Å². The molecular formula is C14H13BrF2N2. The van der Waals surface area contributed by atoms with Gasteiger partial charge in [-0.2, -0.15) is 0 Å². The highest BCUT2D eigenvalue weighted by Gasteiger charge is 2.16. The number of halogens is 3. The highest BCUT2D eigenvalue weighted by molar-refractivity contribution is 9.10. The Kier molecular flexibility index (Phi) is 4.04. The summed E-state index contributed by atoms with van der Waals surface area (Å²) in [5, 5.41) is 0. The molecule has 2 N–H and O–H groups in total. The van der Waals surface area contributed by atoms with Gasteiger partial charge in [0.15, 0.2) is 0 Å². The van der Waals surface area contributed by atoms with Crippen LogP contribution in [0.1, 0.15) is 6.92 Å². The number of hydrogen-bond acceptors (Lipinski definition) is 2. The molecule has 2 rings (SSSR count). The van der Waals surface area contributed by atoms with Crippen LogP contribution in [-0.4, -0.2) is 6.54 Å². The van der Waals surface area contributed by atoms with Gasteiger partial charge in [0.1, 0.15) is 11.6 Å². The van der Waals surface area contributed by atoms with Gasteiger partial charge in [-0.25, -0.2) is 8.78 Å². The van der Waals surface area contributed by atoms with Crippen LogP contribution in [0.4, 0.5) is 25.8 Å². The predicted octanol–water partition coefficient (Wildman–Crippen LogP) is 4.47. The second kappa shape index (κ2) is 5.57. The Balaban J connectivity index is 2.55. The molecular weight excluding hydrogens is 314 g/mol. The second-order valence-electron chi connectivity index (χ2n) is 4.02. The van der Waals surface area contributed by atoms with Crippen molar-refractivity contribution >= 4 is 33.0 Å². The van der Waals surface area contributed by atoms with Crippen molar-refractivity contribution in [2.24, 2.45) is 0 Å². The lowest BCUT2D eigenvalue weighted by Gasteiger charge is -2.25. The van der Waals surface area contributed by atoms with Crippen molar-refractivity contribution in [2.45, 2.75) is 6.92 Å². The predicted molar refractivity (Wildman–Crippen MR) is 77.6 cm³/mol. The van der Waals surface area contributed by atoms with Crippen LogP contribution in [0.25, 0.3) is 0 Å². The molecule has 0 radical (unpaired) electrons. The Labute approximate surface area is 119 Å². The second-order valence-corrected chi connectivity index (χ2v) is 4.88. The molecule has 0 aromatic heterocycles. The summed E-state index contributed by atoms with van der Waals surface area (Å²) in [4.78, 5) is 1.64. The van der Waals surface area contributed by atoms with Crippen LogP contribution in [0.3, 0.4) is 0 Å². The van der Waals surface area contributed by atoms with Gasteiger partial charge in [-0.15, -0.1) is 0 Å². The lowest BCUT2D eigenvalue weighted by molar-refractivity contribution is 0.618. The van der Waals surface area contributed by atoms with E-state index < -0.39 is 5.82 Å². The molecule has 0 heterocycles. The van der Waals surface area contributed by atoms with E-state index in [-0.39, 0.29) is 5.82 Å². The Morgan fingerprint density at radius 1 is 1.11 bits per heavy atom. The third-order valence-corrected chi connectivity index (χ3v) is 3.43. The third-order valence-electron chi connectivity index (χ3n) is 2.82. The standard InChI is InChI=1S/C14H13BrF2N2/c1-2-19(13-6-4-3-5-10(13)16)14-8-11(17)9(15)7-12(14)18/h3-8H,2,18H2,1H3. The van der Waals surface area contributed by atoms with E-state index in [2.05, 4.69) is 15.9 Å². The van der Waals surface area contributed by atoms with Crippen molar-refractivity contribution in [3.05, 3.63) is 52.5 Å². The van der Waals surface area contributed by atoms with Crippen molar-refractivity contribution in [3.63, 3.8) is 0 Å².